The monoisotopic (exact) mass is 164 g/mol. The standard InChI is InChI=1S/C8H5FN2O/c9-4-1-2-6-5(3-4)7(12)8(10)11-6/h1-3H,(H2,10,11,12). The summed E-state index contributed by atoms with van der Waals surface area (Å²) in [6.07, 6.45) is 0. The lowest BCUT2D eigenvalue weighted by molar-refractivity contribution is 0.106. The predicted molar refractivity (Wildman–Crippen MR) is 42.1 cm³/mol. The number of nitrogens with one attached hydrogen (secondary N) is 2. The van der Waals surface area contributed by atoms with Gasteiger partial charge < -0.3 is 5.32 Å². The minimum atomic E-state index is -0.460. The molecule has 0 aromatic heterocycles. The van der Waals surface area contributed by atoms with Crippen LogP contribution in [0.4, 0.5) is 10.1 Å². The smallest absolute Gasteiger partial charge is 0.229 e. The molecule has 0 bridgehead atoms. The van der Waals surface area contributed by atoms with E-state index in [1.54, 1.807) is 0 Å². The second-order valence-electron chi connectivity index (χ2n) is 2.52. The molecule has 0 saturated carbocycles. The van der Waals surface area contributed by atoms with Gasteiger partial charge in [-0.05, 0) is 18.2 Å². The molecule has 0 spiro atoms. The summed E-state index contributed by atoms with van der Waals surface area (Å²) in [4.78, 5) is 11.1. The van der Waals surface area contributed by atoms with Crippen LogP contribution in [0.2, 0.25) is 0 Å². The normalized spacial score (nSPS) is 14.4. The predicted octanol–water partition coefficient (Wildman–Crippen LogP) is 1.41. The van der Waals surface area contributed by atoms with E-state index in [9.17, 15) is 9.18 Å². The maximum atomic E-state index is 12.6. The van der Waals surface area contributed by atoms with Gasteiger partial charge in [0, 0.05) is 0 Å². The first-order chi connectivity index (χ1) is 5.68. The molecule has 2 N–H and O–H groups in total. The van der Waals surface area contributed by atoms with Crippen LogP contribution in [0.5, 0.6) is 0 Å². The Morgan fingerprint density at radius 1 is 1.42 bits per heavy atom. The second kappa shape index (κ2) is 2.14. The highest BCUT2D eigenvalue weighted by atomic mass is 19.1. The molecule has 0 atom stereocenters. The quantitative estimate of drug-likeness (QED) is 0.609. The first-order valence-electron chi connectivity index (χ1n) is 3.38. The number of rotatable bonds is 0. The number of anilines is 1. The Morgan fingerprint density at radius 3 is 2.92 bits per heavy atom. The molecule has 0 fully saturated rings. The molecule has 12 heavy (non-hydrogen) atoms. The third-order valence-corrected chi connectivity index (χ3v) is 1.71. The fraction of sp³-hybridized carbons (Fsp3) is 0. The van der Waals surface area contributed by atoms with Crippen LogP contribution in [-0.4, -0.2) is 11.6 Å². The van der Waals surface area contributed by atoms with Crippen LogP contribution in [0.3, 0.4) is 0 Å². The molecule has 1 heterocycles. The number of Topliss-reactive ketones (excluding diaryl/α,β-unsaturated/α-hetero) is 1. The molecular weight excluding hydrogens is 159 g/mol. The molecule has 0 unspecified atom stereocenters. The maximum Gasteiger partial charge on any atom is 0.229 e. The zero-order valence-electron chi connectivity index (χ0n) is 6.02. The lowest BCUT2D eigenvalue weighted by atomic mass is 10.1. The summed E-state index contributed by atoms with van der Waals surface area (Å²) in [7, 11) is 0. The molecule has 4 heteroatoms. The summed E-state index contributed by atoms with van der Waals surface area (Å²) < 4.78 is 12.6. The zero-order chi connectivity index (χ0) is 8.72. The average Bonchev–Trinajstić information content (AvgIpc) is 2.31. The maximum absolute atomic E-state index is 12.6. The summed E-state index contributed by atoms with van der Waals surface area (Å²) in [5.41, 5.74) is 0.742. The van der Waals surface area contributed by atoms with Gasteiger partial charge in [-0.2, -0.15) is 0 Å². The summed E-state index contributed by atoms with van der Waals surface area (Å²) in [5.74, 6) is -1.11. The number of hydrogen-bond acceptors (Lipinski definition) is 2. The fourth-order valence-corrected chi connectivity index (χ4v) is 1.14. The van der Waals surface area contributed by atoms with Gasteiger partial charge in [0.25, 0.3) is 0 Å². The summed E-state index contributed by atoms with van der Waals surface area (Å²) in [5, 5.41) is 9.67. The van der Waals surface area contributed by atoms with Crippen molar-refractivity contribution in [2.75, 3.05) is 5.32 Å². The lowest BCUT2D eigenvalue weighted by Crippen LogP contribution is -2.11. The van der Waals surface area contributed by atoms with E-state index in [4.69, 9.17) is 5.41 Å². The van der Waals surface area contributed by atoms with Gasteiger partial charge in [0.2, 0.25) is 5.78 Å². The van der Waals surface area contributed by atoms with E-state index in [-0.39, 0.29) is 11.4 Å². The van der Waals surface area contributed by atoms with Crippen molar-refractivity contribution < 1.29 is 9.18 Å². The highest BCUT2D eigenvalue weighted by Crippen LogP contribution is 2.23. The molecule has 1 aliphatic heterocycles. The van der Waals surface area contributed by atoms with Crippen molar-refractivity contribution in [1.82, 2.24) is 0 Å². The van der Waals surface area contributed by atoms with Crippen LogP contribution < -0.4 is 5.32 Å². The molecule has 0 aliphatic carbocycles. The van der Waals surface area contributed by atoms with Crippen LogP contribution in [0, 0.1) is 11.2 Å². The molecule has 1 aromatic carbocycles. The van der Waals surface area contributed by atoms with E-state index in [1.807, 2.05) is 0 Å². The third-order valence-electron chi connectivity index (χ3n) is 1.71. The minimum absolute atomic E-state index is 0.199. The molecule has 60 valence electrons. The Morgan fingerprint density at radius 2 is 2.17 bits per heavy atom. The van der Waals surface area contributed by atoms with Crippen molar-refractivity contribution in [3.8, 4) is 0 Å². The van der Waals surface area contributed by atoms with E-state index < -0.39 is 11.6 Å². The van der Waals surface area contributed by atoms with Gasteiger partial charge in [0.1, 0.15) is 5.82 Å². The topological polar surface area (TPSA) is 53.0 Å². The molecule has 1 aliphatic rings. The highest BCUT2D eigenvalue weighted by molar-refractivity contribution is 6.52. The first kappa shape index (κ1) is 6.97. The van der Waals surface area contributed by atoms with Crippen LogP contribution in [0.1, 0.15) is 10.4 Å². The first-order valence-corrected chi connectivity index (χ1v) is 3.38. The van der Waals surface area contributed by atoms with Crippen LogP contribution in [-0.2, 0) is 0 Å². The van der Waals surface area contributed by atoms with Gasteiger partial charge in [0.05, 0.1) is 11.3 Å². The zero-order valence-corrected chi connectivity index (χ0v) is 6.02. The number of benzene rings is 1. The average molecular weight is 164 g/mol. The van der Waals surface area contributed by atoms with Crippen LogP contribution in [0.15, 0.2) is 18.2 Å². The Hall–Kier alpha value is -1.71. The Kier molecular flexibility index (Phi) is 1.24. The van der Waals surface area contributed by atoms with Gasteiger partial charge in [-0.15, -0.1) is 0 Å². The number of hydrogen-bond donors (Lipinski definition) is 2. The van der Waals surface area contributed by atoms with Gasteiger partial charge in [0.15, 0.2) is 5.84 Å². The molecule has 1 aromatic rings. The highest BCUT2D eigenvalue weighted by Gasteiger charge is 2.24. The van der Waals surface area contributed by atoms with Crippen LogP contribution in [0.25, 0.3) is 0 Å². The van der Waals surface area contributed by atoms with E-state index in [0.717, 1.165) is 6.07 Å². The van der Waals surface area contributed by atoms with Gasteiger partial charge in [-0.1, -0.05) is 0 Å². The summed E-state index contributed by atoms with van der Waals surface area (Å²) in [6.45, 7) is 0. The van der Waals surface area contributed by atoms with Crippen molar-refractivity contribution in [3.63, 3.8) is 0 Å². The van der Waals surface area contributed by atoms with Gasteiger partial charge in [-0.3, -0.25) is 10.2 Å². The Balaban J connectivity index is 2.63. The Labute approximate surface area is 67.7 Å². The number of fused-ring (bicyclic) bond motifs is 1. The van der Waals surface area contributed by atoms with Gasteiger partial charge in [-0.25, -0.2) is 4.39 Å². The third kappa shape index (κ3) is 0.812. The van der Waals surface area contributed by atoms with E-state index >= 15 is 0 Å². The van der Waals surface area contributed by atoms with Crippen molar-refractivity contribution in [1.29, 1.82) is 5.41 Å². The molecule has 0 radical (unpaired) electrons. The van der Waals surface area contributed by atoms with E-state index in [0.29, 0.717) is 5.69 Å². The van der Waals surface area contributed by atoms with Crippen molar-refractivity contribution >= 4 is 17.3 Å². The number of amidine groups is 1. The van der Waals surface area contributed by atoms with E-state index in [2.05, 4.69) is 5.32 Å². The van der Waals surface area contributed by atoms with Crippen molar-refractivity contribution in [2.24, 2.45) is 0 Å². The molecule has 0 saturated heterocycles. The minimum Gasteiger partial charge on any atom is -0.337 e. The fourth-order valence-electron chi connectivity index (χ4n) is 1.14. The summed E-state index contributed by atoms with van der Waals surface area (Å²) in [6, 6.07) is 3.83. The molecular formula is C8H5FN2O. The summed E-state index contributed by atoms with van der Waals surface area (Å²) >= 11 is 0. The lowest BCUT2D eigenvalue weighted by Gasteiger charge is -1.94. The second-order valence-corrected chi connectivity index (χ2v) is 2.52. The van der Waals surface area contributed by atoms with Crippen molar-refractivity contribution in [3.05, 3.63) is 29.6 Å². The number of halogens is 1. The number of carbonyl (C=O) groups excluding carboxylic acids is 1. The Bertz CT molecular complexity index is 387. The largest absolute Gasteiger partial charge is 0.337 e. The molecule has 0 amide bonds. The van der Waals surface area contributed by atoms with Gasteiger partial charge >= 0.3 is 0 Å². The van der Waals surface area contributed by atoms with E-state index in [1.165, 1.54) is 12.1 Å². The van der Waals surface area contributed by atoms with Crippen molar-refractivity contribution in [2.45, 2.75) is 0 Å². The number of ketones is 1. The SMILES string of the molecule is N=C1Nc2ccc(F)cc2C1=O. The molecule has 3 nitrogen and oxygen atoms in total. The van der Waals surface area contributed by atoms with Crippen LogP contribution >= 0.6 is 0 Å². The number of carbonyl (C=O) groups is 1. The molecule has 2 rings (SSSR count).